The maximum atomic E-state index is 4.76. The summed E-state index contributed by atoms with van der Waals surface area (Å²) in [6, 6.07) is 2.84. The first-order valence-corrected chi connectivity index (χ1v) is 8.58. The minimum atomic E-state index is 0.312. The lowest BCUT2D eigenvalue weighted by Gasteiger charge is -2.14. The highest BCUT2D eigenvalue weighted by Crippen LogP contribution is 2.23. The smallest absolute Gasteiger partial charge is 0.160 e. The number of aromatic nitrogens is 5. The molecule has 0 aromatic carbocycles. The van der Waals surface area contributed by atoms with Crippen molar-refractivity contribution in [3.05, 3.63) is 41.6 Å². The van der Waals surface area contributed by atoms with Crippen molar-refractivity contribution < 1.29 is 0 Å². The third-order valence-corrected chi connectivity index (χ3v) is 4.76. The van der Waals surface area contributed by atoms with Crippen molar-refractivity contribution in [2.24, 2.45) is 0 Å². The molecule has 0 saturated carbocycles. The van der Waals surface area contributed by atoms with E-state index >= 15 is 0 Å². The summed E-state index contributed by atoms with van der Waals surface area (Å²) in [4.78, 5) is 11.4. The Labute approximate surface area is 142 Å². The number of imidazole rings is 1. The standard InChI is InChI=1S/C18H24N6/c1-12(2)23-11-20-16-6-14(7-19-18(16)23)5-13(3)24-9-15-8-22(4)10-17(15)21-24/h6-7,9,11-13H,5,8,10H2,1-4H3. The van der Waals surface area contributed by atoms with Gasteiger partial charge in [-0.25, -0.2) is 9.97 Å². The van der Waals surface area contributed by atoms with Crippen molar-refractivity contribution in [1.29, 1.82) is 0 Å². The minimum absolute atomic E-state index is 0.312. The molecule has 3 aromatic heterocycles. The molecule has 0 bridgehead atoms. The number of hydrogen-bond acceptors (Lipinski definition) is 4. The van der Waals surface area contributed by atoms with Crippen molar-refractivity contribution in [2.45, 2.75) is 52.4 Å². The highest BCUT2D eigenvalue weighted by molar-refractivity contribution is 5.71. The second-order valence-corrected chi connectivity index (χ2v) is 7.24. The first-order valence-electron chi connectivity index (χ1n) is 8.58. The lowest BCUT2D eigenvalue weighted by molar-refractivity contribution is 0.342. The molecule has 0 spiro atoms. The molecule has 6 heteroatoms. The van der Waals surface area contributed by atoms with Gasteiger partial charge in [-0.15, -0.1) is 0 Å². The van der Waals surface area contributed by atoms with Crippen LogP contribution in [0.15, 0.2) is 24.8 Å². The average Bonchev–Trinajstić information content (AvgIpc) is 3.18. The zero-order valence-electron chi connectivity index (χ0n) is 14.8. The lowest BCUT2D eigenvalue weighted by atomic mass is 10.1. The Balaban J connectivity index is 1.54. The number of rotatable bonds is 4. The second-order valence-electron chi connectivity index (χ2n) is 7.24. The van der Waals surface area contributed by atoms with E-state index in [1.54, 1.807) is 0 Å². The Hall–Kier alpha value is -2.21. The van der Waals surface area contributed by atoms with Gasteiger partial charge in [0.15, 0.2) is 5.65 Å². The van der Waals surface area contributed by atoms with Crippen LogP contribution in [0.5, 0.6) is 0 Å². The molecule has 6 nitrogen and oxygen atoms in total. The predicted octanol–water partition coefficient (Wildman–Crippen LogP) is 2.96. The topological polar surface area (TPSA) is 51.8 Å². The third kappa shape index (κ3) is 2.60. The van der Waals surface area contributed by atoms with Crippen LogP contribution < -0.4 is 0 Å². The minimum Gasteiger partial charge on any atom is -0.313 e. The van der Waals surface area contributed by atoms with Crippen LogP contribution in [0.2, 0.25) is 0 Å². The van der Waals surface area contributed by atoms with E-state index in [4.69, 9.17) is 5.10 Å². The van der Waals surface area contributed by atoms with Gasteiger partial charge in [-0.05, 0) is 45.9 Å². The first kappa shape index (κ1) is 15.3. The van der Waals surface area contributed by atoms with Crippen LogP contribution in [0.25, 0.3) is 11.2 Å². The van der Waals surface area contributed by atoms with E-state index in [0.717, 1.165) is 30.7 Å². The van der Waals surface area contributed by atoms with E-state index < -0.39 is 0 Å². The fourth-order valence-electron chi connectivity index (χ4n) is 3.44. The van der Waals surface area contributed by atoms with Gasteiger partial charge in [0.25, 0.3) is 0 Å². The number of nitrogens with zero attached hydrogens (tertiary/aromatic N) is 6. The van der Waals surface area contributed by atoms with Crippen LogP contribution >= 0.6 is 0 Å². The molecule has 4 heterocycles. The maximum absolute atomic E-state index is 4.76. The van der Waals surface area contributed by atoms with E-state index in [0.29, 0.717) is 12.1 Å². The van der Waals surface area contributed by atoms with Crippen LogP contribution in [0.3, 0.4) is 0 Å². The summed E-state index contributed by atoms with van der Waals surface area (Å²) in [5.41, 5.74) is 5.71. The highest BCUT2D eigenvalue weighted by Gasteiger charge is 2.21. The molecule has 1 atom stereocenters. The van der Waals surface area contributed by atoms with Gasteiger partial charge in [0.05, 0.1) is 18.1 Å². The average molecular weight is 324 g/mol. The Kier molecular flexibility index (Phi) is 3.64. The zero-order valence-corrected chi connectivity index (χ0v) is 14.8. The fraction of sp³-hybridized carbons (Fsp3) is 0.500. The highest BCUT2D eigenvalue weighted by atomic mass is 15.3. The summed E-state index contributed by atoms with van der Waals surface area (Å²) < 4.78 is 4.21. The van der Waals surface area contributed by atoms with E-state index in [-0.39, 0.29) is 0 Å². The van der Waals surface area contributed by atoms with Crippen LogP contribution in [-0.2, 0) is 19.5 Å². The van der Waals surface area contributed by atoms with Gasteiger partial charge in [-0.3, -0.25) is 9.58 Å². The molecule has 0 N–H and O–H groups in total. The largest absolute Gasteiger partial charge is 0.313 e. The molecular weight excluding hydrogens is 300 g/mol. The summed E-state index contributed by atoms with van der Waals surface area (Å²) >= 11 is 0. The van der Waals surface area contributed by atoms with E-state index in [1.165, 1.54) is 16.8 Å². The number of pyridine rings is 1. The molecule has 1 aliphatic rings. The van der Waals surface area contributed by atoms with Crippen molar-refractivity contribution >= 4 is 11.2 Å². The summed E-state index contributed by atoms with van der Waals surface area (Å²) in [6.45, 7) is 8.46. The van der Waals surface area contributed by atoms with Gasteiger partial charge in [0.1, 0.15) is 5.52 Å². The van der Waals surface area contributed by atoms with Gasteiger partial charge < -0.3 is 4.57 Å². The van der Waals surface area contributed by atoms with E-state index in [1.807, 2.05) is 12.5 Å². The Morgan fingerprint density at radius 3 is 2.75 bits per heavy atom. The molecule has 1 aliphatic heterocycles. The predicted molar refractivity (Wildman–Crippen MR) is 93.7 cm³/mol. The van der Waals surface area contributed by atoms with Crippen LogP contribution in [0.1, 0.15) is 49.7 Å². The van der Waals surface area contributed by atoms with Gasteiger partial charge in [-0.2, -0.15) is 5.10 Å². The number of fused-ring (bicyclic) bond motifs is 2. The van der Waals surface area contributed by atoms with Crippen LogP contribution in [0, 0.1) is 0 Å². The molecule has 1 unspecified atom stereocenters. The molecule has 0 aliphatic carbocycles. The monoisotopic (exact) mass is 324 g/mol. The normalized spacial score (nSPS) is 16.2. The van der Waals surface area contributed by atoms with Gasteiger partial charge in [0.2, 0.25) is 0 Å². The molecule has 0 fully saturated rings. The summed E-state index contributed by atoms with van der Waals surface area (Å²) in [7, 11) is 2.13. The Bertz CT molecular complexity index is 851. The molecule has 4 rings (SSSR count). The summed E-state index contributed by atoms with van der Waals surface area (Å²) in [6.07, 6.45) is 6.96. The molecular formula is C18H24N6. The summed E-state index contributed by atoms with van der Waals surface area (Å²) in [5, 5.41) is 4.76. The molecule has 0 amide bonds. The van der Waals surface area contributed by atoms with Crippen LogP contribution in [0.4, 0.5) is 0 Å². The molecule has 0 saturated heterocycles. The Morgan fingerprint density at radius 1 is 1.17 bits per heavy atom. The first-order chi connectivity index (χ1) is 11.5. The van der Waals surface area contributed by atoms with Gasteiger partial charge >= 0.3 is 0 Å². The van der Waals surface area contributed by atoms with Crippen molar-refractivity contribution in [3.63, 3.8) is 0 Å². The lowest BCUT2D eigenvalue weighted by Crippen LogP contribution is -2.13. The zero-order chi connectivity index (χ0) is 16.8. The maximum Gasteiger partial charge on any atom is 0.160 e. The quantitative estimate of drug-likeness (QED) is 0.740. The second kappa shape index (κ2) is 5.70. The van der Waals surface area contributed by atoms with E-state index in [2.05, 4.69) is 64.2 Å². The molecule has 3 aromatic rings. The van der Waals surface area contributed by atoms with Crippen molar-refractivity contribution in [1.82, 2.24) is 29.2 Å². The van der Waals surface area contributed by atoms with Gasteiger partial charge in [0, 0.05) is 37.1 Å². The van der Waals surface area contributed by atoms with Gasteiger partial charge in [-0.1, -0.05) is 0 Å². The fourth-order valence-corrected chi connectivity index (χ4v) is 3.44. The molecule has 24 heavy (non-hydrogen) atoms. The van der Waals surface area contributed by atoms with Crippen molar-refractivity contribution in [3.8, 4) is 0 Å². The SMILES string of the molecule is CC(Cc1cnc2c(c1)ncn2C(C)C)n1cc2c(n1)CN(C)C2. The molecule has 126 valence electrons. The third-order valence-electron chi connectivity index (χ3n) is 4.76. The van der Waals surface area contributed by atoms with Crippen LogP contribution in [-0.4, -0.2) is 36.3 Å². The van der Waals surface area contributed by atoms with Crippen molar-refractivity contribution in [2.75, 3.05) is 7.05 Å². The number of hydrogen-bond donors (Lipinski definition) is 0. The van der Waals surface area contributed by atoms with E-state index in [9.17, 15) is 0 Å². The summed E-state index contributed by atoms with van der Waals surface area (Å²) in [5.74, 6) is 0. The Morgan fingerprint density at radius 2 is 2.00 bits per heavy atom. The molecule has 0 radical (unpaired) electrons.